The summed E-state index contributed by atoms with van der Waals surface area (Å²) in [4.78, 5) is 14.9. The van der Waals surface area contributed by atoms with Crippen LogP contribution in [0.2, 0.25) is 0 Å². The van der Waals surface area contributed by atoms with E-state index in [2.05, 4.69) is 37.2 Å². The molecule has 4 rings (SSSR count). The highest BCUT2D eigenvalue weighted by Crippen LogP contribution is 2.26. The number of aromatic nitrogens is 4. The molecule has 0 atom stereocenters. The van der Waals surface area contributed by atoms with Gasteiger partial charge in [-0.15, -0.1) is 10.2 Å². The van der Waals surface area contributed by atoms with Crippen molar-refractivity contribution in [3.05, 3.63) is 64.2 Å². The first kappa shape index (κ1) is 17.5. The molecule has 9 heteroatoms. The maximum atomic E-state index is 10.8. The molecule has 0 radical (unpaired) electrons. The fourth-order valence-corrected chi connectivity index (χ4v) is 3.09. The molecule has 2 aromatic carbocycles. The van der Waals surface area contributed by atoms with Gasteiger partial charge in [-0.05, 0) is 37.6 Å². The molecule has 0 saturated heterocycles. The lowest BCUT2D eigenvalue weighted by molar-refractivity contribution is -0.384. The molecule has 0 spiro atoms. The van der Waals surface area contributed by atoms with Gasteiger partial charge in [0.25, 0.3) is 11.6 Å². The van der Waals surface area contributed by atoms with E-state index in [0.29, 0.717) is 5.71 Å². The van der Waals surface area contributed by atoms with Crippen LogP contribution in [0.1, 0.15) is 19.4 Å². The average Bonchev–Trinajstić information content (AvgIpc) is 3.05. The molecule has 28 heavy (non-hydrogen) atoms. The maximum absolute atomic E-state index is 10.8. The Balaban J connectivity index is 1.65. The van der Waals surface area contributed by atoms with Gasteiger partial charge in [-0.3, -0.25) is 10.1 Å². The minimum Gasteiger partial charge on any atom is -0.324 e. The minimum atomic E-state index is -0.434. The number of anilines is 1. The Kier molecular flexibility index (Phi) is 4.40. The van der Waals surface area contributed by atoms with Crippen LogP contribution in [0.4, 0.5) is 11.6 Å². The molecule has 0 amide bonds. The molecule has 0 aliphatic carbocycles. The fraction of sp³-hybridized carbons (Fsp3) is 0.158. The molecule has 1 N–H and O–H groups in total. The van der Waals surface area contributed by atoms with Gasteiger partial charge in [0.1, 0.15) is 5.52 Å². The van der Waals surface area contributed by atoms with Gasteiger partial charge in [0.05, 0.1) is 16.2 Å². The van der Waals surface area contributed by atoms with E-state index in [4.69, 9.17) is 0 Å². The van der Waals surface area contributed by atoms with Crippen molar-refractivity contribution in [2.45, 2.75) is 20.4 Å². The molecule has 0 unspecified atom stereocenters. The van der Waals surface area contributed by atoms with Crippen LogP contribution in [0.25, 0.3) is 22.1 Å². The van der Waals surface area contributed by atoms with Crippen LogP contribution < -0.4 is 5.43 Å². The van der Waals surface area contributed by atoms with E-state index < -0.39 is 4.92 Å². The van der Waals surface area contributed by atoms with Crippen molar-refractivity contribution in [3.63, 3.8) is 0 Å². The zero-order chi connectivity index (χ0) is 19.7. The minimum absolute atomic E-state index is 0.0369. The van der Waals surface area contributed by atoms with Crippen LogP contribution in [0, 0.1) is 10.1 Å². The molecule has 2 aromatic heterocycles. The Morgan fingerprint density at radius 1 is 1.18 bits per heavy atom. The third-order valence-electron chi connectivity index (χ3n) is 4.51. The van der Waals surface area contributed by atoms with Crippen molar-refractivity contribution in [3.8, 4) is 0 Å². The number of hydrogen-bond donors (Lipinski definition) is 1. The Labute approximate surface area is 159 Å². The Bertz CT molecular complexity index is 1210. The van der Waals surface area contributed by atoms with Gasteiger partial charge < -0.3 is 4.57 Å². The van der Waals surface area contributed by atoms with Gasteiger partial charge in [-0.2, -0.15) is 10.1 Å². The normalized spacial score (nSPS) is 11.9. The van der Waals surface area contributed by atoms with Crippen LogP contribution in [-0.4, -0.2) is 30.4 Å². The number of non-ortho nitro benzene ring substituents is 1. The molecule has 0 aliphatic heterocycles. The molecule has 0 aliphatic rings. The molecule has 0 saturated carbocycles. The summed E-state index contributed by atoms with van der Waals surface area (Å²) < 4.78 is 2.08. The summed E-state index contributed by atoms with van der Waals surface area (Å²) >= 11 is 0. The van der Waals surface area contributed by atoms with E-state index in [0.717, 1.165) is 34.2 Å². The van der Waals surface area contributed by atoms with E-state index in [1.165, 1.54) is 12.1 Å². The molecule has 9 nitrogen and oxygen atoms in total. The summed E-state index contributed by atoms with van der Waals surface area (Å²) in [5.41, 5.74) is 6.82. The predicted octanol–water partition coefficient (Wildman–Crippen LogP) is 3.74. The van der Waals surface area contributed by atoms with Gasteiger partial charge in [-0.1, -0.05) is 18.2 Å². The number of nitro groups is 1. The largest absolute Gasteiger partial charge is 0.324 e. The first-order valence-corrected chi connectivity index (χ1v) is 8.75. The van der Waals surface area contributed by atoms with Gasteiger partial charge in [0, 0.05) is 24.1 Å². The zero-order valence-corrected chi connectivity index (χ0v) is 15.3. The summed E-state index contributed by atoms with van der Waals surface area (Å²) in [6.07, 6.45) is 0. The topological polar surface area (TPSA) is 111 Å². The number of rotatable bonds is 5. The van der Waals surface area contributed by atoms with Crippen molar-refractivity contribution >= 4 is 39.4 Å². The number of nitro benzene ring substituents is 1. The van der Waals surface area contributed by atoms with Crippen molar-refractivity contribution in [2.24, 2.45) is 5.10 Å². The summed E-state index contributed by atoms with van der Waals surface area (Å²) in [6, 6.07) is 14.2. The number of benzene rings is 2. The van der Waals surface area contributed by atoms with Crippen LogP contribution >= 0.6 is 0 Å². The SMILES string of the molecule is CCn1c2ccccc2c2nnc(NN=C(C)c3ccc([N+](=O)[O-])cc3)nc21. The maximum Gasteiger partial charge on any atom is 0.269 e. The van der Waals surface area contributed by atoms with E-state index in [-0.39, 0.29) is 11.6 Å². The summed E-state index contributed by atoms with van der Waals surface area (Å²) in [7, 11) is 0. The summed E-state index contributed by atoms with van der Waals surface area (Å²) in [6.45, 7) is 4.61. The third kappa shape index (κ3) is 3.02. The zero-order valence-electron chi connectivity index (χ0n) is 15.3. The lowest BCUT2D eigenvalue weighted by Crippen LogP contribution is -2.05. The first-order valence-electron chi connectivity index (χ1n) is 8.75. The quantitative estimate of drug-likeness (QED) is 0.323. The van der Waals surface area contributed by atoms with Crippen LogP contribution in [0.15, 0.2) is 53.6 Å². The molecule has 0 bridgehead atoms. The molecule has 0 fully saturated rings. The highest BCUT2D eigenvalue weighted by Gasteiger charge is 2.13. The van der Waals surface area contributed by atoms with Crippen molar-refractivity contribution in [2.75, 3.05) is 5.43 Å². The fourth-order valence-electron chi connectivity index (χ4n) is 3.09. The third-order valence-corrected chi connectivity index (χ3v) is 4.51. The van der Waals surface area contributed by atoms with Crippen molar-refractivity contribution in [1.29, 1.82) is 0 Å². The molecule has 2 heterocycles. The Hall–Kier alpha value is -3.88. The number of fused-ring (bicyclic) bond motifs is 3. The number of hydrazone groups is 1. The Morgan fingerprint density at radius 2 is 1.93 bits per heavy atom. The second kappa shape index (κ2) is 7.03. The number of hydrogen-bond acceptors (Lipinski definition) is 7. The molecule has 4 aromatic rings. The molecular formula is C19H17N7O2. The number of nitrogens with zero attached hydrogens (tertiary/aromatic N) is 6. The van der Waals surface area contributed by atoms with Gasteiger partial charge in [0.2, 0.25) is 0 Å². The van der Waals surface area contributed by atoms with E-state index in [1.54, 1.807) is 19.1 Å². The van der Waals surface area contributed by atoms with Gasteiger partial charge in [-0.25, -0.2) is 5.43 Å². The highest BCUT2D eigenvalue weighted by atomic mass is 16.6. The van der Waals surface area contributed by atoms with E-state index in [9.17, 15) is 10.1 Å². The van der Waals surface area contributed by atoms with Crippen LogP contribution in [0.5, 0.6) is 0 Å². The van der Waals surface area contributed by atoms with Crippen LogP contribution in [0.3, 0.4) is 0 Å². The number of aryl methyl sites for hydroxylation is 1. The summed E-state index contributed by atoms with van der Waals surface area (Å²) in [5, 5.41) is 24.5. The van der Waals surface area contributed by atoms with Crippen molar-refractivity contribution < 1.29 is 4.92 Å². The van der Waals surface area contributed by atoms with Crippen molar-refractivity contribution in [1.82, 2.24) is 19.7 Å². The lowest BCUT2D eigenvalue weighted by Gasteiger charge is -2.04. The smallest absolute Gasteiger partial charge is 0.269 e. The van der Waals surface area contributed by atoms with Gasteiger partial charge in [0.15, 0.2) is 5.65 Å². The highest BCUT2D eigenvalue weighted by molar-refractivity contribution is 6.04. The van der Waals surface area contributed by atoms with Crippen LogP contribution in [-0.2, 0) is 6.54 Å². The van der Waals surface area contributed by atoms with E-state index in [1.807, 2.05) is 24.3 Å². The second-order valence-electron chi connectivity index (χ2n) is 6.18. The lowest BCUT2D eigenvalue weighted by atomic mass is 10.1. The van der Waals surface area contributed by atoms with E-state index >= 15 is 0 Å². The monoisotopic (exact) mass is 375 g/mol. The summed E-state index contributed by atoms with van der Waals surface area (Å²) in [5.74, 6) is 0.284. The molecular weight excluding hydrogens is 358 g/mol. The van der Waals surface area contributed by atoms with Gasteiger partial charge >= 0.3 is 0 Å². The second-order valence-corrected chi connectivity index (χ2v) is 6.18. The number of para-hydroxylation sites is 1. The first-order chi connectivity index (χ1) is 13.6. The average molecular weight is 375 g/mol. The standard InChI is InChI=1S/C19H17N7O2/c1-3-25-16-7-5-4-6-15(16)17-18(25)20-19(24-22-17)23-21-12(2)13-8-10-14(11-9-13)26(27)28/h4-11H,3H2,1-2H3,(H,20,23,24). The predicted molar refractivity (Wildman–Crippen MR) is 107 cm³/mol. The Morgan fingerprint density at radius 3 is 2.64 bits per heavy atom. The number of nitrogens with one attached hydrogen (secondary N) is 1. The molecule has 140 valence electrons.